The van der Waals surface area contributed by atoms with Gasteiger partial charge in [0.2, 0.25) is 0 Å². The number of ether oxygens (including phenoxy) is 4. The molecule has 9 heteroatoms. The molecule has 0 bridgehead atoms. The van der Waals surface area contributed by atoms with E-state index >= 15 is 0 Å². The molecule has 0 saturated carbocycles. The van der Waals surface area contributed by atoms with Gasteiger partial charge in [-0.1, -0.05) is 264 Å². The molecule has 0 amide bonds. The minimum absolute atomic E-state index is 0.182. The largest absolute Gasteiger partial charge is 0.477 e. The Morgan fingerprint density at radius 1 is 0.378 bits per heavy atom. The highest BCUT2D eigenvalue weighted by Gasteiger charge is 2.25. The molecule has 0 aliphatic carbocycles. The van der Waals surface area contributed by atoms with E-state index in [2.05, 4.69) is 135 Å². The smallest absolute Gasteiger partial charge is 0.361 e. The second-order valence-electron chi connectivity index (χ2n) is 23.0. The van der Waals surface area contributed by atoms with E-state index in [4.69, 9.17) is 18.9 Å². The van der Waals surface area contributed by atoms with Crippen molar-refractivity contribution >= 4 is 17.9 Å². The van der Waals surface area contributed by atoms with Gasteiger partial charge in [0.15, 0.2) is 6.10 Å². The molecule has 2 atom stereocenters. The number of hydrogen-bond acceptors (Lipinski definition) is 7. The van der Waals surface area contributed by atoms with E-state index in [1.807, 2.05) is 21.1 Å². The van der Waals surface area contributed by atoms with Crippen molar-refractivity contribution in [3.05, 3.63) is 122 Å². The fourth-order valence-electron chi connectivity index (χ4n) is 8.88. The number of carbonyl (C=O) groups is 3. The Morgan fingerprint density at radius 3 is 1.05 bits per heavy atom. The number of hydrogen-bond donors (Lipinski definition) is 1. The zero-order valence-corrected chi connectivity index (χ0v) is 53.4. The van der Waals surface area contributed by atoms with Crippen LogP contribution in [0.4, 0.5) is 0 Å². The summed E-state index contributed by atoms with van der Waals surface area (Å²) in [5.41, 5.74) is 0. The first-order valence-electron chi connectivity index (χ1n) is 33.2. The molecule has 0 rings (SSSR count). The van der Waals surface area contributed by atoms with Gasteiger partial charge in [-0.05, 0) is 109 Å². The molecule has 0 aromatic rings. The quantitative estimate of drug-likeness (QED) is 0.0211. The average Bonchev–Trinajstić information content (AvgIpc) is 3.45. The third-order valence-corrected chi connectivity index (χ3v) is 14.0. The highest BCUT2D eigenvalue weighted by Crippen LogP contribution is 2.16. The first-order chi connectivity index (χ1) is 40.1. The summed E-state index contributed by atoms with van der Waals surface area (Å²) in [7, 11) is 5.97. The van der Waals surface area contributed by atoms with Crippen molar-refractivity contribution in [3.8, 4) is 0 Å². The van der Waals surface area contributed by atoms with E-state index in [1.54, 1.807) is 0 Å². The Labute approximate surface area is 504 Å². The molecule has 2 unspecified atom stereocenters. The average molecular weight is 1140 g/mol. The van der Waals surface area contributed by atoms with Crippen LogP contribution in [-0.4, -0.2) is 87.4 Å². The van der Waals surface area contributed by atoms with Gasteiger partial charge in [-0.25, -0.2) is 4.79 Å². The second kappa shape index (κ2) is 62.7. The number of carboxylic acids is 1. The van der Waals surface area contributed by atoms with Crippen LogP contribution in [0.5, 0.6) is 0 Å². The van der Waals surface area contributed by atoms with Crippen molar-refractivity contribution in [2.75, 3.05) is 47.5 Å². The summed E-state index contributed by atoms with van der Waals surface area (Å²) in [5, 5.41) is 9.72. The lowest BCUT2D eigenvalue weighted by atomic mass is 10.0. The van der Waals surface area contributed by atoms with E-state index in [1.165, 1.54) is 116 Å². The topological polar surface area (TPSA) is 108 Å². The van der Waals surface area contributed by atoms with E-state index in [0.717, 1.165) is 116 Å². The number of carbonyl (C=O) groups excluding carboxylic acids is 2. The zero-order valence-electron chi connectivity index (χ0n) is 53.4. The second-order valence-corrected chi connectivity index (χ2v) is 23.0. The van der Waals surface area contributed by atoms with Gasteiger partial charge < -0.3 is 28.5 Å². The van der Waals surface area contributed by atoms with Gasteiger partial charge in [-0.15, -0.1) is 0 Å². The molecule has 1 N–H and O–H groups in total. The number of aliphatic carboxylic acids is 1. The van der Waals surface area contributed by atoms with Crippen LogP contribution >= 0.6 is 0 Å². The lowest BCUT2D eigenvalue weighted by Crippen LogP contribution is -2.40. The lowest BCUT2D eigenvalue weighted by Gasteiger charge is -2.25. The number of unbranched alkanes of at least 4 members (excludes halogenated alkanes) is 25. The van der Waals surface area contributed by atoms with Gasteiger partial charge in [0.1, 0.15) is 13.2 Å². The minimum Gasteiger partial charge on any atom is -0.477 e. The van der Waals surface area contributed by atoms with Gasteiger partial charge in [-0.3, -0.25) is 9.59 Å². The molecule has 0 heterocycles. The van der Waals surface area contributed by atoms with E-state index in [9.17, 15) is 19.5 Å². The molecule has 82 heavy (non-hydrogen) atoms. The number of rotatable bonds is 60. The van der Waals surface area contributed by atoms with Gasteiger partial charge in [-0.2, -0.15) is 0 Å². The molecule has 0 radical (unpaired) electrons. The molecular formula is C73H124NO8+. The fourth-order valence-corrected chi connectivity index (χ4v) is 8.88. The van der Waals surface area contributed by atoms with Crippen molar-refractivity contribution in [3.63, 3.8) is 0 Å². The summed E-state index contributed by atoms with van der Waals surface area (Å²) in [6.45, 7) is 4.75. The minimum atomic E-state index is -1.52. The third-order valence-electron chi connectivity index (χ3n) is 14.0. The molecule has 468 valence electrons. The summed E-state index contributed by atoms with van der Waals surface area (Å²) in [4.78, 5) is 37.5. The summed E-state index contributed by atoms with van der Waals surface area (Å²) >= 11 is 0. The van der Waals surface area contributed by atoms with E-state index in [-0.39, 0.29) is 38.6 Å². The SMILES string of the molecule is CC/C=C\C/C=C\C/C=C\C/C=C\C/C=C\C/C=C\C/C=C\C/C=C\C/C=C\CCCCCCCCCCCCCCCC(=O)OC(COC(=O)CCCCCCC/C=C\CCCCCCCCC)COC(OCC[N+](C)(C)C)C(=O)O. The number of allylic oxidation sites excluding steroid dienone is 20. The maximum Gasteiger partial charge on any atom is 0.361 e. The maximum atomic E-state index is 12.9. The Kier molecular flexibility index (Phi) is 59.4. The van der Waals surface area contributed by atoms with Crippen LogP contribution in [0, 0.1) is 0 Å². The molecular weight excluding hydrogens is 1020 g/mol. The first kappa shape index (κ1) is 77.7. The van der Waals surface area contributed by atoms with Gasteiger partial charge in [0.25, 0.3) is 6.29 Å². The molecule has 0 aromatic carbocycles. The number of nitrogens with zero attached hydrogens (tertiary/aromatic N) is 1. The lowest BCUT2D eigenvalue weighted by molar-refractivity contribution is -0.870. The predicted molar refractivity (Wildman–Crippen MR) is 350 cm³/mol. The summed E-state index contributed by atoms with van der Waals surface area (Å²) < 4.78 is 22.9. The standard InChI is InChI=1S/C73H123NO8/c1-6-8-10-12-14-16-18-20-22-24-25-26-27-28-29-30-31-32-33-34-35-36-37-38-39-40-41-42-43-44-45-46-47-48-50-52-54-56-58-60-62-64-71(76)82-69(68-81-73(72(77)78)79-66-65-74(3,4)5)67-80-70(75)63-61-59-57-55-53-51-49-23-21-19-17-15-13-11-9-7-2/h8,10,14,16,20,22-23,25-26,28-29,31-32,34-35,37-38,40-41,49,69,73H,6-7,9,11-13,15,17-19,21,24,27,30,33,36,39,42-48,50-68H2,1-5H3/p+1/b10-8-,16-14-,22-20-,26-25-,29-28-,32-31-,35-34-,38-37-,41-40-,49-23-. The molecule has 0 aliphatic heterocycles. The monoisotopic (exact) mass is 1140 g/mol. The van der Waals surface area contributed by atoms with Crippen LogP contribution in [0.25, 0.3) is 0 Å². The van der Waals surface area contributed by atoms with Crippen LogP contribution in [0.1, 0.15) is 264 Å². The highest BCUT2D eigenvalue weighted by atomic mass is 16.7. The van der Waals surface area contributed by atoms with E-state index in [0.29, 0.717) is 17.4 Å². The summed E-state index contributed by atoms with van der Waals surface area (Å²) in [6, 6.07) is 0. The maximum absolute atomic E-state index is 12.9. The van der Waals surface area contributed by atoms with Gasteiger partial charge in [0, 0.05) is 12.8 Å². The Morgan fingerprint density at radius 2 is 0.695 bits per heavy atom. The normalized spacial score (nSPS) is 13.5. The molecule has 0 aliphatic rings. The van der Waals surface area contributed by atoms with Crippen LogP contribution < -0.4 is 0 Å². The zero-order chi connectivity index (χ0) is 59.8. The van der Waals surface area contributed by atoms with Crippen LogP contribution in [0.3, 0.4) is 0 Å². The number of esters is 2. The van der Waals surface area contributed by atoms with Crippen molar-refractivity contribution in [2.24, 2.45) is 0 Å². The van der Waals surface area contributed by atoms with Crippen molar-refractivity contribution in [2.45, 2.75) is 277 Å². The number of quaternary nitrogens is 1. The first-order valence-corrected chi connectivity index (χ1v) is 33.2. The Bertz CT molecular complexity index is 1760. The van der Waals surface area contributed by atoms with Gasteiger partial charge in [0.05, 0.1) is 34.4 Å². The molecule has 0 saturated heterocycles. The molecule has 0 aromatic heterocycles. The van der Waals surface area contributed by atoms with E-state index < -0.39 is 24.3 Å². The van der Waals surface area contributed by atoms with Crippen LogP contribution in [-0.2, 0) is 33.3 Å². The van der Waals surface area contributed by atoms with Crippen molar-refractivity contribution in [1.29, 1.82) is 0 Å². The Balaban J connectivity index is 4.09. The molecule has 0 fully saturated rings. The van der Waals surface area contributed by atoms with Crippen molar-refractivity contribution < 1.29 is 42.9 Å². The third kappa shape index (κ3) is 63.3. The van der Waals surface area contributed by atoms with Crippen LogP contribution in [0.15, 0.2) is 122 Å². The van der Waals surface area contributed by atoms with Gasteiger partial charge >= 0.3 is 17.9 Å². The summed E-state index contributed by atoms with van der Waals surface area (Å²) in [6.07, 6.45) is 85.9. The molecule has 9 nitrogen and oxygen atoms in total. The Hall–Kier alpha value is -4.31. The highest BCUT2D eigenvalue weighted by molar-refractivity contribution is 5.71. The fraction of sp³-hybridized carbons (Fsp3) is 0.685. The van der Waals surface area contributed by atoms with Crippen molar-refractivity contribution in [1.82, 2.24) is 0 Å². The predicted octanol–water partition coefficient (Wildman–Crippen LogP) is 20.4. The number of likely N-dealkylation sites (N-methyl/N-ethyl adjacent to an activating group) is 1. The summed E-state index contributed by atoms with van der Waals surface area (Å²) in [5.74, 6) is -2.02. The van der Waals surface area contributed by atoms with Crippen LogP contribution in [0.2, 0.25) is 0 Å². The molecule has 0 spiro atoms. The number of carboxylic acid groups (broad SMARTS) is 1.